The molecule has 3 rings (SSSR count). The molecule has 1 unspecified atom stereocenters. The molecule has 3 N–H and O–H groups in total. The maximum atomic E-state index is 10.4. The van der Waals surface area contributed by atoms with Gasteiger partial charge in [0.15, 0.2) is 0 Å². The van der Waals surface area contributed by atoms with E-state index in [1.165, 1.54) is 5.57 Å². The second-order valence-corrected chi connectivity index (χ2v) is 5.86. The van der Waals surface area contributed by atoms with E-state index >= 15 is 0 Å². The minimum Gasteiger partial charge on any atom is -0.508 e. The molecule has 0 spiro atoms. The minimum absolute atomic E-state index is 0.192. The van der Waals surface area contributed by atoms with Gasteiger partial charge in [-0.05, 0) is 43.0 Å². The van der Waals surface area contributed by atoms with Crippen LogP contribution in [0.2, 0.25) is 0 Å². The lowest BCUT2D eigenvalue weighted by atomic mass is 9.84. The average Bonchev–Trinajstić information content (AvgIpc) is 2.49. The van der Waals surface area contributed by atoms with E-state index in [0.717, 1.165) is 30.5 Å². The normalized spacial score (nSPS) is 24.0. The van der Waals surface area contributed by atoms with Crippen LogP contribution in [0.5, 0.6) is 5.75 Å². The van der Waals surface area contributed by atoms with Gasteiger partial charge in [0.2, 0.25) is 0 Å². The molecule has 0 amide bonds. The van der Waals surface area contributed by atoms with E-state index in [1.54, 1.807) is 18.2 Å². The Balaban J connectivity index is 1.82. The molecule has 1 aromatic rings. The molecular formula is C20H21NO2. The quantitative estimate of drug-likeness (QED) is 0.690. The van der Waals surface area contributed by atoms with Crippen molar-refractivity contribution in [3.8, 4) is 5.75 Å². The van der Waals surface area contributed by atoms with Crippen molar-refractivity contribution in [2.75, 3.05) is 5.32 Å². The fourth-order valence-electron chi connectivity index (χ4n) is 2.96. The molecule has 2 aliphatic carbocycles. The van der Waals surface area contributed by atoms with Gasteiger partial charge in [-0.3, -0.25) is 0 Å². The molecule has 0 saturated heterocycles. The third kappa shape index (κ3) is 3.57. The maximum Gasteiger partial charge on any atom is 0.124 e. The lowest BCUT2D eigenvalue weighted by Crippen LogP contribution is -2.12. The Morgan fingerprint density at radius 3 is 2.91 bits per heavy atom. The molecule has 2 aliphatic rings. The van der Waals surface area contributed by atoms with Crippen LogP contribution < -0.4 is 5.32 Å². The Morgan fingerprint density at radius 2 is 2.09 bits per heavy atom. The van der Waals surface area contributed by atoms with Gasteiger partial charge in [0, 0.05) is 28.9 Å². The first-order valence-corrected chi connectivity index (χ1v) is 7.87. The molecule has 1 atom stereocenters. The number of allylic oxidation sites excluding steroid dienone is 6. The number of nitrogens with one attached hydrogen (secondary N) is 1. The predicted molar refractivity (Wildman–Crippen MR) is 94.2 cm³/mol. The smallest absolute Gasteiger partial charge is 0.124 e. The summed E-state index contributed by atoms with van der Waals surface area (Å²) < 4.78 is 0. The van der Waals surface area contributed by atoms with Crippen LogP contribution in [-0.2, 0) is 0 Å². The number of phenolic OH excluding ortho intramolecular Hbond substituents is 1. The zero-order valence-corrected chi connectivity index (χ0v) is 13.0. The van der Waals surface area contributed by atoms with Crippen molar-refractivity contribution < 1.29 is 10.2 Å². The number of hydrogen-bond donors (Lipinski definition) is 3. The molecule has 0 heterocycles. The molecule has 118 valence electrons. The van der Waals surface area contributed by atoms with Crippen LogP contribution in [0.15, 0.2) is 83.8 Å². The van der Waals surface area contributed by atoms with Gasteiger partial charge in [-0.15, -0.1) is 0 Å². The molecule has 0 aromatic heterocycles. The fraction of sp³-hybridized carbons (Fsp3) is 0.200. The van der Waals surface area contributed by atoms with E-state index < -0.39 is 0 Å². The second-order valence-electron chi connectivity index (χ2n) is 5.86. The first kappa shape index (κ1) is 15.2. The first-order valence-electron chi connectivity index (χ1n) is 7.87. The summed E-state index contributed by atoms with van der Waals surface area (Å²) in [6.07, 6.45) is 13.4. The van der Waals surface area contributed by atoms with Crippen LogP contribution >= 0.6 is 0 Å². The Bertz CT molecular complexity index is 738. The van der Waals surface area contributed by atoms with E-state index in [1.807, 2.05) is 12.1 Å². The number of hydrogen-bond acceptors (Lipinski definition) is 3. The summed E-state index contributed by atoms with van der Waals surface area (Å²) in [5, 5.41) is 23.0. The highest BCUT2D eigenvalue weighted by Crippen LogP contribution is 2.34. The van der Waals surface area contributed by atoms with Crippen LogP contribution in [0.25, 0.3) is 0 Å². The van der Waals surface area contributed by atoms with Crippen molar-refractivity contribution in [2.45, 2.75) is 19.3 Å². The summed E-state index contributed by atoms with van der Waals surface area (Å²) in [5.41, 5.74) is 3.26. The van der Waals surface area contributed by atoms with Crippen molar-refractivity contribution in [1.29, 1.82) is 0 Å². The summed E-state index contributed by atoms with van der Waals surface area (Å²) in [7, 11) is 0. The van der Waals surface area contributed by atoms with Crippen LogP contribution in [0.1, 0.15) is 19.3 Å². The Kier molecular flexibility index (Phi) is 4.38. The van der Waals surface area contributed by atoms with Gasteiger partial charge in [-0.1, -0.05) is 36.9 Å². The Labute approximate surface area is 136 Å². The average molecular weight is 307 g/mol. The Hall–Kier alpha value is -2.68. The molecular weight excluding hydrogens is 286 g/mol. The van der Waals surface area contributed by atoms with Crippen molar-refractivity contribution >= 4 is 5.69 Å². The van der Waals surface area contributed by atoms with Crippen molar-refractivity contribution in [2.24, 2.45) is 5.92 Å². The van der Waals surface area contributed by atoms with Crippen LogP contribution in [0.3, 0.4) is 0 Å². The number of fused-ring (bicyclic) bond motifs is 1. The van der Waals surface area contributed by atoms with Crippen molar-refractivity contribution in [3.63, 3.8) is 0 Å². The molecule has 3 heteroatoms. The zero-order chi connectivity index (χ0) is 16.2. The van der Waals surface area contributed by atoms with Gasteiger partial charge in [-0.2, -0.15) is 0 Å². The van der Waals surface area contributed by atoms with Gasteiger partial charge >= 0.3 is 0 Å². The van der Waals surface area contributed by atoms with Gasteiger partial charge in [0.25, 0.3) is 0 Å². The van der Waals surface area contributed by atoms with Crippen LogP contribution in [0, 0.1) is 5.92 Å². The highest BCUT2D eigenvalue weighted by Gasteiger charge is 2.21. The minimum atomic E-state index is 0.192. The summed E-state index contributed by atoms with van der Waals surface area (Å²) in [5.74, 6) is 0.723. The van der Waals surface area contributed by atoms with E-state index in [2.05, 4.69) is 36.2 Å². The number of phenols is 1. The van der Waals surface area contributed by atoms with E-state index in [4.69, 9.17) is 0 Å². The summed E-state index contributed by atoms with van der Waals surface area (Å²) in [4.78, 5) is 0. The SMILES string of the molecule is C=C(Nc1cccc(O)c1)C1=CC2CC/C=C\C/C=C\2C=C1O. The van der Waals surface area contributed by atoms with Crippen molar-refractivity contribution in [1.82, 2.24) is 0 Å². The van der Waals surface area contributed by atoms with Gasteiger partial charge in [0.1, 0.15) is 11.5 Å². The molecule has 1 aromatic carbocycles. The number of anilines is 1. The molecule has 0 fully saturated rings. The summed E-state index contributed by atoms with van der Waals surface area (Å²) in [6.45, 7) is 4.04. The van der Waals surface area contributed by atoms with Crippen LogP contribution in [0.4, 0.5) is 5.69 Å². The number of rotatable bonds is 3. The highest BCUT2D eigenvalue weighted by atomic mass is 16.3. The molecule has 0 aliphatic heterocycles. The number of aliphatic hydroxyl groups excluding tert-OH is 1. The first-order chi connectivity index (χ1) is 11.1. The molecule has 3 nitrogen and oxygen atoms in total. The van der Waals surface area contributed by atoms with E-state index in [0.29, 0.717) is 11.6 Å². The molecule has 0 radical (unpaired) electrons. The standard InChI is InChI=1S/C20H21NO2/c1-14(21-17-9-6-10-18(22)13-17)19-11-15-7-4-2-3-5-8-16(15)12-20(19)23/h2-3,6,8-13,15,21-23H,1,4-5,7H2/b3-2-,16-8-. The van der Waals surface area contributed by atoms with Gasteiger partial charge in [0.05, 0.1) is 0 Å². The second kappa shape index (κ2) is 6.61. The Morgan fingerprint density at radius 1 is 1.22 bits per heavy atom. The maximum absolute atomic E-state index is 10.4. The fourth-order valence-corrected chi connectivity index (χ4v) is 2.96. The van der Waals surface area contributed by atoms with Gasteiger partial charge < -0.3 is 15.5 Å². The lowest BCUT2D eigenvalue weighted by molar-refractivity contribution is 0.419. The summed E-state index contributed by atoms with van der Waals surface area (Å²) in [6, 6.07) is 6.85. The van der Waals surface area contributed by atoms with Crippen molar-refractivity contribution in [3.05, 3.63) is 83.8 Å². The zero-order valence-electron chi connectivity index (χ0n) is 13.0. The lowest BCUT2D eigenvalue weighted by Gasteiger charge is -2.24. The number of aliphatic hydroxyl groups is 1. The predicted octanol–water partition coefficient (Wildman–Crippen LogP) is 4.98. The third-order valence-electron chi connectivity index (χ3n) is 4.14. The highest BCUT2D eigenvalue weighted by molar-refractivity contribution is 5.60. The van der Waals surface area contributed by atoms with E-state index in [-0.39, 0.29) is 11.5 Å². The van der Waals surface area contributed by atoms with Crippen LogP contribution in [-0.4, -0.2) is 10.2 Å². The topological polar surface area (TPSA) is 52.5 Å². The summed E-state index contributed by atoms with van der Waals surface area (Å²) >= 11 is 0. The molecule has 0 bridgehead atoms. The molecule has 0 saturated carbocycles. The molecule has 23 heavy (non-hydrogen) atoms. The third-order valence-corrected chi connectivity index (χ3v) is 4.14. The van der Waals surface area contributed by atoms with E-state index in [9.17, 15) is 10.2 Å². The monoisotopic (exact) mass is 307 g/mol. The number of aromatic hydroxyl groups is 1. The van der Waals surface area contributed by atoms with Gasteiger partial charge in [-0.25, -0.2) is 0 Å². The largest absolute Gasteiger partial charge is 0.508 e. The number of benzene rings is 1.